The summed E-state index contributed by atoms with van der Waals surface area (Å²) in [5.74, 6) is 1.38. The summed E-state index contributed by atoms with van der Waals surface area (Å²) in [6, 6.07) is 6.90. The van der Waals surface area contributed by atoms with Crippen molar-refractivity contribution < 1.29 is 9.84 Å². The fraction of sp³-hybridized carbons (Fsp3) is 0.231. The number of hydrogen-bond donors (Lipinski definition) is 2. The zero-order valence-electron chi connectivity index (χ0n) is 9.97. The molecule has 0 amide bonds. The molecular formula is C13H13N3O2. The molecule has 0 saturated carbocycles. The van der Waals surface area contributed by atoms with Crippen molar-refractivity contribution in [3.63, 3.8) is 0 Å². The van der Waals surface area contributed by atoms with Crippen LogP contribution in [0.2, 0.25) is 0 Å². The zero-order chi connectivity index (χ0) is 12.5. The Balaban J connectivity index is 2.13. The summed E-state index contributed by atoms with van der Waals surface area (Å²) in [6.07, 6.45) is 0. The largest absolute Gasteiger partial charge is 0.508 e. The van der Waals surface area contributed by atoms with E-state index in [2.05, 4.69) is 15.3 Å². The maximum Gasteiger partial charge on any atom is 0.221 e. The fourth-order valence-corrected chi connectivity index (χ4v) is 2.08. The Morgan fingerprint density at radius 2 is 2.17 bits per heavy atom. The molecule has 18 heavy (non-hydrogen) atoms. The number of methoxy groups -OCH3 is 1. The van der Waals surface area contributed by atoms with E-state index in [4.69, 9.17) is 4.74 Å². The summed E-state index contributed by atoms with van der Waals surface area (Å²) in [7, 11) is 1.60. The van der Waals surface area contributed by atoms with Crippen LogP contribution >= 0.6 is 0 Å². The van der Waals surface area contributed by atoms with Gasteiger partial charge in [0.05, 0.1) is 18.4 Å². The predicted molar refractivity (Wildman–Crippen MR) is 66.2 cm³/mol. The number of nitrogens with one attached hydrogen (secondary N) is 1. The molecule has 0 saturated heterocycles. The monoisotopic (exact) mass is 243 g/mol. The van der Waals surface area contributed by atoms with E-state index in [-0.39, 0.29) is 5.75 Å². The van der Waals surface area contributed by atoms with Crippen molar-refractivity contribution in [2.45, 2.75) is 13.1 Å². The van der Waals surface area contributed by atoms with E-state index in [0.717, 1.165) is 29.9 Å². The Morgan fingerprint density at radius 3 is 2.94 bits per heavy atom. The molecule has 0 unspecified atom stereocenters. The van der Waals surface area contributed by atoms with Crippen LogP contribution in [0.25, 0.3) is 11.4 Å². The van der Waals surface area contributed by atoms with E-state index in [1.807, 2.05) is 6.07 Å². The topological polar surface area (TPSA) is 67.3 Å². The van der Waals surface area contributed by atoms with Gasteiger partial charge >= 0.3 is 0 Å². The highest BCUT2D eigenvalue weighted by molar-refractivity contribution is 5.59. The van der Waals surface area contributed by atoms with Crippen molar-refractivity contribution in [1.82, 2.24) is 15.3 Å². The highest BCUT2D eigenvalue weighted by atomic mass is 16.5. The second kappa shape index (κ2) is 4.27. The minimum Gasteiger partial charge on any atom is -0.508 e. The van der Waals surface area contributed by atoms with Crippen molar-refractivity contribution in [1.29, 1.82) is 0 Å². The molecule has 2 heterocycles. The van der Waals surface area contributed by atoms with Gasteiger partial charge in [0.25, 0.3) is 0 Å². The van der Waals surface area contributed by atoms with Gasteiger partial charge in [0.15, 0.2) is 5.82 Å². The van der Waals surface area contributed by atoms with Crippen LogP contribution in [0.3, 0.4) is 0 Å². The molecule has 92 valence electrons. The molecule has 0 atom stereocenters. The van der Waals surface area contributed by atoms with Gasteiger partial charge in [-0.25, -0.2) is 4.98 Å². The molecule has 0 fully saturated rings. The summed E-state index contributed by atoms with van der Waals surface area (Å²) in [5.41, 5.74) is 2.75. The molecule has 0 radical (unpaired) electrons. The molecule has 1 aromatic carbocycles. The van der Waals surface area contributed by atoms with Gasteiger partial charge in [0.1, 0.15) is 5.75 Å². The molecule has 2 aromatic rings. The number of rotatable bonds is 2. The van der Waals surface area contributed by atoms with Crippen LogP contribution in [0, 0.1) is 0 Å². The summed E-state index contributed by atoms with van der Waals surface area (Å²) in [4.78, 5) is 8.90. The second-order valence-corrected chi connectivity index (χ2v) is 4.14. The van der Waals surface area contributed by atoms with Gasteiger partial charge in [-0.2, -0.15) is 4.98 Å². The number of aromatic nitrogens is 2. The van der Waals surface area contributed by atoms with Crippen LogP contribution in [0.5, 0.6) is 11.6 Å². The maximum atomic E-state index is 9.50. The van der Waals surface area contributed by atoms with E-state index >= 15 is 0 Å². The molecule has 5 heteroatoms. The quantitative estimate of drug-likeness (QED) is 0.835. The predicted octanol–water partition coefficient (Wildman–Crippen LogP) is 1.46. The van der Waals surface area contributed by atoms with Gasteiger partial charge in [-0.05, 0) is 12.1 Å². The van der Waals surface area contributed by atoms with Crippen LogP contribution in [-0.4, -0.2) is 22.2 Å². The third kappa shape index (κ3) is 1.78. The fourth-order valence-electron chi connectivity index (χ4n) is 2.08. The van der Waals surface area contributed by atoms with E-state index in [9.17, 15) is 5.11 Å². The zero-order valence-corrected chi connectivity index (χ0v) is 9.97. The lowest BCUT2D eigenvalue weighted by Gasteiger charge is -2.08. The van der Waals surface area contributed by atoms with Gasteiger partial charge in [-0.15, -0.1) is 0 Å². The Kier molecular flexibility index (Phi) is 2.60. The first-order valence-electron chi connectivity index (χ1n) is 5.72. The van der Waals surface area contributed by atoms with Crippen LogP contribution in [0.4, 0.5) is 0 Å². The average Bonchev–Trinajstić information content (AvgIpc) is 2.85. The lowest BCUT2D eigenvalue weighted by Crippen LogP contribution is -2.01. The summed E-state index contributed by atoms with van der Waals surface area (Å²) >= 11 is 0. The molecule has 1 aromatic heterocycles. The first kappa shape index (κ1) is 11.0. The number of aromatic hydroxyl groups is 1. The number of benzene rings is 1. The summed E-state index contributed by atoms with van der Waals surface area (Å²) < 4.78 is 5.30. The van der Waals surface area contributed by atoms with E-state index in [0.29, 0.717) is 11.7 Å². The van der Waals surface area contributed by atoms with E-state index < -0.39 is 0 Å². The van der Waals surface area contributed by atoms with Gasteiger partial charge < -0.3 is 15.2 Å². The third-order valence-corrected chi connectivity index (χ3v) is 2.95. The second-order valence-electron chi connectivity index (χ2n) is 4.14. The number of fused-ring (bicyclic) bond motifs is 1. The lowest BCUT2D eigenvalue weighted by atomic mass is 10.2. The molecule has 1 aliphatic rings. The Morgan fingerprint density at radius 1 is 1.28 bits per heavy atom. The molecular weight excluding hydrogens is 230 g/mol. The average molecular weight is 243 g/mol. The van der Waals surface area contributed by atoms with Crippen LogP contribution in [-0.2, 0) is 13.1 Å². The Hall–Kier alpha value is -2.14. The Bertz CT molecular complexity index is 599. The number of phenols is 1. The van der Waals surface area contributed by atoms with Crippen LogP contribution in [0.15, 0.2) is 24.3 Å². The van der Waals surface area contributed by atoms with Crippen molar-refractivity contribution in [3.05, 3.63) is 35.5 Å². The van der Waals surface area contributed by atoms with Crippen LogP contribution < -0.4 is 10.1 Å². The van der Waals surface area contributed by atoms with Crippen molar-refractivity contribution in [2.24, 2.45) is 0 Å². The molecule has 0 spiro atoms. The number of ether oxygens (including phenoxy) is 1. The molecule has 3 rings (SSSR count). The minimum atomic E-state index is 0.202. The van der Waals surface area contributed by atoms with Gasteiger partial charge in [-0.1, -0.05) is 12.1 Å². The molecule has 5 nitrogen and oxygen atoms in total. The van der Waals surface area contributed by atoms with Crippen molar-refractivity contribution in [2.75, 3.05) is 7.11 Å². The first-order chi connectivity index (χ1) is 8.78. The van der Waals surface area contributed by atoms with Crippen molar-refractivity contribution >= 4 is 0 Å². The number of hydrogen-bond acceptors (Lipinski definition) is 5. The maximum absolute atomic E-state index is 9.50. The van der Waals surface area contributed by atoms with Gasteiger partial charge in [-0.3, -0.25) is 0 Å². The Labute approximate surface area is 104 Å². The standard InChI is InChI=1S/C13H13N3O2/c1-18-13-10-6-14-7-11(10)15-12(16-13)8-3-2-4-9(17)5-8/h2-5,14,17H,6-7H2,1H3. The SMILES string of the molecule is COc1nc(-c2cccc(O)c2)nc2c1CNC2. The molecule has 0 bridgehead atoms. The highest BCUT2D eigenvalue weighted by Crippen LogP contribution is 2.27. The van der Waals surface area contributed by atoms with E-state index in [1.165, 1.54) is 0 Å². The summed E-state index contributed by atoms with van der Waals surface area (Å²) in [6.45, 7) is 1.46. The molecule has 2 N–H and O–H groups in total. The van der Waals surface area contributed by atoms with Crippen LogP contribution in [0.1, 0.15) is 11.3 Å². The lowest BCUT2D eigenvalue weighted by molar-refractivity contribution is 0.392. The normalized spacial score (nSPS) is 13.4. The smallest absolute Gasteiger partial charge is 0.221 e. The van der Waals surface area contributed by atoms with Crippen molar-refractivity contribution in [3.8, 4) is 23.0 Å². The molecule has 1 aliphatic heterocycles. The molecule has 0 aliphatic carbocycles. The summed E-state index contributed by atoms with van der Waals surface area (Å²) in [5, 5.41) is 12.7. The van der Waals surface area contributed by atoms with Gasteiger partial charge in [0, 0.05) is 18.7 Å². The number of nitrogens with zero attached hydrogens (tertiary/aromatic N) is 2. The van der Waals surface area contributed by atoms with Gasteiger partial charge in [0.2, 0.25) is 5.88 Å². The van der Waals surface area contributed by atoms with E-state index in [1.54, 1.807) is 25.3 Å². The highest BCUT2D eigenvalue weighted by Gasteiger charge is 2.20. The minimum absolute atomic E-state index is 0.202. The first-order valence-corrected chi connectivity index (χ1v) is 5.72. The number of phenolic OH excluding ortho intramolecular Hbond substituents is 1. The third-order valence-electron chi connectivity index (χ3n) is 2.95.